The van der Waals surface area contributed by atoms with Gasteiger partial charge in [0, 0.05) is 46.8 Å². The lowest BCUT2D eigenvalue weighted by molar-refractivity contribution is 0.496. The minimum atomic E-state index is -0.696. The third kappa shape index (κ3) is 9.16. The largest absolute Gasteiger partial charge is 0.388 e. The van der Waals surface area contributed by atoms with Crippen molar-refractivity contribution in [3.05, 3.63) is 81.6 Å². The third-order valence-corrected chi connectivity index (χ3v) is 5.93. The maximum atomic E-state index is 14.7. The molecule has 1 atom stereocenters. The van der Waals surface area contributed by atoms with Crippen molar-refractivity contribution >= 4 is 51.9 Å². The molecular formula is C27H38Cl3FN4. The molecule has 2 aromatic carbocycles. The Bertz CT molecular complexity index is 987. The van der Waals surface area contributed by atoms with Gasteiger partial charge >= 0.3 is 0 Å². The summed E-state index contributed by atoms with van der Waals surface area (Å²) in [6.07, 6.45) is 2.16. The normalized spacial score (nSPS) is 15.7. The average Bonchev–Trinajstić information content (AvgIpc) is 3.33. The highest BCUT2D eigenvalue weighted by Gasteiger charge is 2.40. The molecule has 1 aliphatic rings. The van der Waals surface area contributed by atoms with E-state index in [0.717, 1.165) is 23.5 Å². The first-order chi connectivity index (χ1) is 16.6. The molecule has 2 aromatic rings. The summed E-state index contributed by atoms with van der Waals surface area (Å²) in [4.78, 5) is 0. The lowest BCUT2D eigenvalue weighted by atomic mass is 9.87. The zero-order valence-electron chi connectivity index (χ0n) is 21.5. The molecule has 0 amide bonds. The van der Waals surface area contributed by atoms with Gasteiger partial charge < -0.3 is 21.4 Å². The summed E-state index contributed by atoms with van der Waals surface area (Å²) in [5.41, 5.74) is 2.64. The molecule has 4 nitrogen and oxygen atoms in total. The van der Waals surface area contributed by atoms with E-state index in [4.69, 9.17) is 40.2 Å². The van der Waals surface area contributed by atoms with Gasteiger partial charge in [0.25, 0.3) is 0 Å². The Labute approximate surface area is 225 Å². The molecule has 1 unspecified atom stereocenters. The molecule has 3 rings (SSSR count). The van der Waals surface area contributed by atoms with Gasteiger partial charge in [-0.05, 0) is 50.2 Å². The second-order valence-corrected chi connectivity index (χ2v) is 8.41. The number of nitrogens with one attached hydrogen (secondary N) is 4. The quantitative estimate of drug-likeness (QED) is 0.167. The minimum absolute atomic E-state index is 0.240. The summed E-state index contributed by atoms with van der Waals surface area (Å²) in [6.45, 7) is 17.7. The fraction of sp³-hybridized carbons (Fsp3) is 0.370. The highest BCUT2D eigenvalue weighted by molar-refractivity contribution is 6.42. The summed E-state index contributed by atoms with van der Waals surface area (Å²) < 4.78 is 14.7. The van der Waals surface area contributed by atoms with Gasteiger partial charge in [-0.3, -0.25) is 0 Å². The van der Waals surface area contributed by atoms with Crippen molar-refractivity contribution in [2.75, 3.05) is 30.8 Å². The van der Waals surface area contributed by atoms with Crippen molar-refractivity contribution in [3.8, 4) is 0 Å². The average molecular weight is 544 g/mol. The van der Waals surface area contributed by atoms with E-state index in [1.165, 1.54) is 18.2 Å². The number of benzene rings is 2. The maximum Gasteiger partial charge on any atom is 0.130 e. The van der Waals surface area contributed by atoms with Crippen molar-refractivity contribution in [1.82, 2.24) is 5.32 Å². The Kier molecular flexibility index (Phi) is 15.6. The number of allylic oxidation sites excluding steroid dienone is 2. The maximum absolute atomic E-state index is 14.7. The molecule has 35 heavy (non-hydrogen) atoms. The molecule has 194 valence electrons. The molecule has 0 saturated carbocycles. The lowest BCUT2D eigenvalue weighted by Crippen LogP contribution is -2.39. The van der Waals surface area contributed by atoms with E-state index in [0.29, 0.717) is 34.3 Å². The first-order valence-corrected chi connectivity index (χ1v) is 12.8. The smallest absolute Gasteiger partial charge is 0.130 e. The zero-order chi connectivity index (χ0) is 27.2. The second-order valence-electron chi connectivity index (χ2n) is 7.14. The zero-order valence-corrected chi connectivity index (χ0v) is 23.8. The number of rotatable bonds is 6. The highest BCUT2D eigenvalue weighted by Crippen LogP contribution is 2.41. The van der Waals surface area contributed by atoms with Crippen molar-refractivity contribution < 1.29 is 4.39 Å². The fourth-order valence-corrected chi connectivity index (χ4v) is 3.96. The van der Waals surface area contributed by atoms with Crippen LogP contribution in [0.1, 0.15) is 52.2 Å². The molecule has 0 radical (unpaired) electrons. The van der Waals surface area contributed by atoms with E-state index in [2.05, 4.69) is 29.1 Å². The van der Waals surface area contributed by atoms with E-state index in [1.54, 1.807) is 6.92 Å². The Morgan fingerprint density at radius 1 is 1.17 bits per heavy atom. The second kappa shape index (κ2) is 16.6. The predicted molar refractivity (Wildman–Crippen MR) is 156 cm³/mol. The van der Waals surface area contributed by atoms with E-state index in [1.807, 2.05) is 52.9 Å². The molecule has 0 aliphatic carbocycles. The van der Waals surface area contributed by atoms with Gasteiger partial charge in [-0.25, -0.2) is 4.39 Å². The number of hydrogen-bond donors (Lipinski definition) is 4. The van der Waals surface area contributed by atoms with Crippen LogP contribution in [0.2, 0.25) is 10.0 Å². The SMILES string of the molecule is C=CC(=C)Cl.CC.CC.CNc1cc(NC2(c3c(F)ccc(Cl)c3Cl)CCNC2)ccc1C(C)=N. The van der Waals surface area contributed by atoms with Crippen LogP contribution < -0.4 is 16.0 Å². The van der Waals surface area contributed by atoms with Gasteiger partial charge in [-0.1, -0.05) is 81.7 Å². The summed E-state index contributed by atoms with van der Waals surface area (Å²) in [5.74, 6) is -0.378. The molecule has 1 fully saturated rings. The molecule has 0 spiro atoms. The van der Waals surface area contributed by atoms with Crippen LogP contribution in [0, 0.1) is 11.2 Å². The van der Waals surface area contributed by atoms with Crippen LogP contribution in [-0.4, -0.2) is 25.8 Å². The van der Waals surface area contributed by atoms with Crippen molar-refractivity contribution in [2.24, 2.45) is 0 Å². The lowest BCUT2D eigenvalue weighted by Gasteiger charge is -2.33. The number of hydrogen-bond acceptors (Lipinski definition) is 4. The van der Waals surface area contributed by atoms with E-state index in [-0.39, 0.29) is 10.8 Å². The number of anilines is 2. The highest BCUT2D eigenvalue weighted by atomic mass is 35.5. The summed E-state index contributed by atoms with van der Waals surface area (Å²) in [7, 11) is 1.81. The molecule has 1 saturated heterocycles. The van der Waals surface area contributed by atoms with E-state index in [9.17, 15) is 4.39 Å². The molecule has 0 aromatic heterocycles. The van der Waals surface area contributed by atoms with Gasteiger partial charge in [0.1, 0.15) is 5.82 Å². The van der Waals surface area contributed by atoms with E-state index < -0.39 is 5.54 Å². The first-order valence-electron chi connectivity index (χ1n) is 11.6. The molecule has 0 bridgehead atoms. The molecule has 8 heteroatoms. The summed E-state index contributed by atoms with van der Waals surface area (Å²) in [6, 6.07) is 8.52. The first kappa shape index (κ1) is 33.0. The van der Waals surface area contributed by atoms with Crippen LogP contribution in [0.25, 0.3) is 0 Å². The van der Waals surface area contributed by atoms with Crippen molar-refractivity contribution in [3.63, 3.8) is 0 Å². The summed E-state index contributed by atoms with van der Waals surface area (Å²) >= 11 is 17.7. The van der Waals surface area contributed by atoms with Crippen LogP contribution in [0.3, 0.4) is 0 Å². The number of halogens is 4. The Morgan fingerprint density at radius 3 is 2.23 bits per heavy atom. The Hall–Kier alpha value is -2.05. The monoisotopic (exact) mass is 542 g/mol. The molecular weight excluding hydrogens is 506 g/mol. The predicted octanol–water partition coefficient (Wildman–Crippen LogP) is 8.84. The third-order valence-electron chi connectivity index (χ3n) is 4.98. The van der Waals surface area contributed by atoms with Gasteiger partial charge in [-0.15, -0.1) is 0 Å². The van der Waals surface area contributed by atoms with Gasteiger partial charge in [0.15, 0.2) is 0 Å². The van der Waals surface area contributed by atoms with Crippen LogP contribution in [-0.2, 0) is 5.54 Å². The van der Waals surface area contributed by atoms with Crippen molar-refractivity contribution in [2.45, 2.75) is 46.6 Å². The van der Waals surface area contributed by atoms with Crippen LogP contribution in [0.15, 0.2) is 54.6 Å². The Balaban J connectivity index is 0.00000112. The molecule has 1 aliphatic heterocycles. The van der Waals surface area contributed by atoms with Gasteiger partial charge in [-0.2, -0.15) is 0 Å². The molecule has 4 N–H and O–H groups in total. The van der Waals surface area contributed by atoms with Crippen LogP contribution in [0.4, 0.5) is 15.8 Å². The Morgan fingerprint density at radius 2 is 1.77 bits per heavy atom. The van der Waals surface area contributed by atoms with Gasteiger partial charge in [0.05, 0.1) is 15.6 Å². The van der Waals surface area contributed by atoms with Crippen LogP contribution >= 0.6 is 34.8 Å². The van der Waals surface area contributed by atoms with Crippen LogP contribution in [0.5, 0.6) is 0 Å². The fourth-order valence-electron chi connectivity index (χ4n) is 3.47. The molecule has 1 heterocycles. The van der Waals surface area contributed by atoms with Gasteiger partial charge in [0.2, 0.25) is 0 Å². The van der Waals surface area contributed by atoms with E-state index >= 15 is 0 Å². The minimum Gasteiger partial charge on any atom is -0.388 e. The topological polar surface area (TPSA) is 59.9 Å². The summed E-state index contributed by atoms with van der Waals surface area (Å²) in [5, 5.41) is 18.8. The standard InChI is InChI=1S/C19H21Cl2FN4.C4H5Cl.2C2H6/c1-11(23)13-4-3-12(9-16(13)24-2)26-19(7-8-25-10-19)17-15(22)6-5-14(20)18(17)21;1-3-4(2)5;2*1-2/h3-6,9,23-26H,7-8,10H2,1-2H3;3H,1-2H2;2*1-2H3. The van der Waals surface area contributed by atoms with Crippen molar-refractivity contribution in [1.29, 1.82) is 5.41 Å².